The highest BCUT2D eigenvalue weighted by Gasteiger charge is 2.29. The van der Waals surface area contributed by atoms with Crippen molar-refractivity contribution >= 4 is 15.9 Å². The summed E-state index contributed by atoms with van der Waals surface area (Å²) in [5.41, 5.74) is 1.29. The van der Waals surface area contributed by atoms with E-state index in [4.69, 9.17) is 9.47 Å². The zero-order chi connectivity index (χ0) is 15.6. The molecule has 126 valence electrons. The van der Waals surface area contributed by atoms with Gasteiger partial charge in [0.15, 0.2) is 11.5 Å². The molecule has 3 heterocycles. The minimum atomic E-state index is 0.636. The molecule has 2 saturated heterocycles. The maximum absolute atomic E-state index is 5.72. The van der Waals surface area contributed by atoms with Crippen LogP contribution in [0.5, 0.6) is 11.5 Å². The molecule has 1 N–H and O–H groups in total. The van der Waals surface area contributed by atoms with Crippen molar-refractivity contribution in [1.82, 2.24) is 15.1 Å². The molecule has 0 radical (unpaired) electrons. The molecule has 1 aromatic rings. The van der Waals surface area contributed by atoms with E-state index in [2.05, 4.69) is 37.1 Å². The molecule has 0 amide bonds. The maximum atomic E-state index is 5.72. The van der Waals surface area contributed by atoms with Crippen molar-refractivity contribution in [2.24, 2.45) is 0 Å². The summed E-state index contributed by atoms with van der Waals surface area (Å²) < 4.78 is 12.5. The molecule has 6 heteroatoms. The molecule has 4 rings (SSSR count). The normalized spacial score (nSPS) is 25.7. The van der Waals surface area contributed by atoms with E-state index in [-0.39, 0.29) is 0 Å². The molecule has 1 unspecified atom stereocenters. The smallest absolute Gasteiger partial charge is 0.162 e. The zero-order valence-corrected chi connectivity index (χ0v) is 15.0. The molecule has 5 nitrogen and oxygen atoms in total. The van der Waals surface area contributed by atoms with Crippen molar-refractivity contribution in [3.8, 4) is 11.5 Å². The van der Waals surface area contributed by atoms with Crippen LogP contribution in [0.4, 0.5) is 0 Å². The van der Waals surface area contributed by atoms with E-state index < -0.39 is 0 Å². The molecule has 23 heavy (non-hydrogen) atoms. The molecule has 0 spiro atoms. The maximum Gasteiger partial charge on any atom is 0.162 e. The molecule has 0 bridgehead atoms. The Morgan fingerprint density at radius 2 is 1.83 bits per heavy atom. The quantitative estimate of drug-likeness (QED) is 0.862. The summed E-state index contributed by atoms with van der Waals surface area (Å²) in [5.74, 6) is 1.74. The van der Waals surface area contributed by atoms with Gasteiger partial charge in [-0.25, -0.2) is 0 Å². The van der Waals surface area contributed by atoms with E-state index in [1.54, 1.807) is 0 Å². The van der Waals surface area contributed by atoms with Gasteiger partial charge in [0, 0.05) is 56.3 Å². The number of rotatable bonds is 3. The average Bonchev–Trinajstić information content (AvgIpc) is 3.05. The van der Waals surface area contributed by atoms with Gasteiger partial charge in [-0.2, -0.15) is 0 Å². The third-order valence-corrected chi connectivity index (χ3v) is 5.76. The third kappa shape index (κ3) is 3.50. The lowest BCUT2D eigenvalue weighted by atomic mass is 10.2. The van der Waals surface area contributed by atoms with Gasteiger partial charge in [-0.05, 0) is 24.1 Å². The molecular formula is C17H24BrN3O2. The van der Waals surface area contributed by atoms with Crippen LogP contribution in [0, 0.1) is 0 Å². The van der Waals surface area contributed by atoms with E-state index in [9.17, 15) is 0 Å². The molecule has 1 atom stereocenters. The lowest BCUT2D eigenvalue weighted by molar-refractivity contribution is 0.168. The van der Waals surface area contributed by atoms with Gasteiger partial charge in [0.05, 0.1) is 0 Å². The van der Waals surface area contributed by atoms with Crippen LogP contribution < -0.4 is 14.8 Å². The standard InChI is InChI=1S/C17H24BrN3O2/c18-15-10-17-16(22-7-8-23-17)9-13(15)11-20-4-1-14(12-20)21-5-2-19-3-6-21/h9-10,14,19H,1-8,11-12H2. The van der Waals surface area contributed by atoms with Crippen molar-refractivity contribution in [1.29, 1.82) is 0 Å². The average molecular weight is 382 g/mol. The molecular weight excluding hydrogens is 358 g/mol. The lowest BCUT2D eigenvalue weighted by Crippen LogP contribution is -2.49. The third-order valence-electron chi connectivity index (χ3n) is 5.02. The second kappa shape index (κ2) is 6.97. The zero-order valence-electron chi connectivity index (χ0n) is 13.4. The molecule has 0 aliphatic carbocycles. The summed E-state index contributed by atoms with van der Waals surface area (Å²) in [6.07, 6.45) is 1.28. The number of piperazine rings is 1. The number of hydrogen-bond acceptors (Lipinski definition) is 5. The number of ether oxygens (including phenoxy) is 2. The van der Waals surface area contributed by atoms with Crippen molar-refractivity contribution in [3.05, 3.63) is 22.2 Å². The van der Waals surface area contributed by atoms with Gasteiger partial charge in [0.2, 0.25) is 0 Å². The highest BCUT2D eigenvalue weighted by Crippen LogP contribution is 2.36. The number of nitrogens with one attached hydrogen (secondary N) is 1. The van der Waals surface area contributed by atoms with Crippen LogP contribution in [0.15, 0.2) is 16.6 Å². The highest BCUT2D eigenvalue weighted by molar-refractivity contribution is 9.10. The van der Waals surface area contributed by atoms with Crippen molar-refractivity contribution in [2.75, 3.05) is 52.5 Å². The van der Waals surface area contributed by atoms with Gasteiger partial charge >= 0.3 is 0 Å². The van der Waals surface area contributed by atoms with Crippen LogP contribution in [0.2, 0.25) is 0 Å². The second-order valence-electron chi connectivity index (χ2n) is 6.55. The van der Waals surface area contributed by atoms with Crippen molar-refractivity contribution in [2.45, 2.75) is 19.0 Å². The van der Waals surface area contributed by atoms with Crippen LogP contribution in [-0.4, -0.2) is 68.3 Å². The molecule has 0 saturated carbocycles. The Balaban J connectivity index is 1.40. The number of likely N-dealkylation sites (tertiary alicyclic amines) is 1. The van der Waals surface area contributed by atoms with Gasteiger partial charge in [-0.3, -0.25) is 9.80 Å². The summed E-state index contributed by atoms with van der Waals surface area (Å²) >= 11 is 3.69. The van der Waals surface area contributed by atoms with Gasteiger partial charge < -0.3 is 14.8 Å². The van der Waals surface area contributed by atoms with Gasteiger partial charge in [0.1, 0.15) is 13.2 Å². The minimum absolute atomic E-state index is 0.636. The Morgan fingerprint density at radius 1 is 1.09 bits per heavy atom. The van der Waals surface area contributed by atoms with Crippen LogP contribution in [0.3, 0.4) is 0 Å². The number of fused-ring (bicyclic) bond motifs is 1. The Labute approximate surface area is 146 Å². The highest BCUT2D eigenvalue weighted by atomic mass is 79.9. The summed E-state index contributed by atoms with van der Waals surface area (Å²) in [6, 6.07) is 4.90. The minimum Gasteiger partial charge on any atom is -0.486 e. The van der Waals surface area contributed by atoms with Crippen LogP contribution >= 0.6 is 15.9 Å². The van der Waals surface area contributed by atoms with Crippen LogP contribution in [0.1, 0.15) is 12.0 Å². The number of benzene rings is 1. The molecule has 1 aromatic carbocycles. The summed E-state index contributed by atoms with van der Waals surface area (Å²) in [5, 5.41) is 3.44. The number of hydrogen-bond donors (Lipinski definition) is 1. The van der Waals surface area contributed by atoms with Crippen molar-refractivity contribution < 1.29 is 9.47 Å². The van der Waals surface area contributed by atoms with Gasteiger partial charge in [-0.1, -0.05) is 15.9 Å². The second-order valence-corrected chi connectivity index (χ2v) is 7.41. The summed E-state index contributed by atoms with van der Waals surface area (Å²) in [7, 11) is 0. The number of nitrogens with zero attached hydrogens (tertiary/aromatic N) is 2. The van der Waals surface area contributed by atoms with Crippen molar-refractivity contribution in [3.63, 3.8) is 0 Å². The number of halogens is 1. The SMILES string of the molecule is Brc1cc2c(cc1CN1CCC(N3CCNCC3)C1)OCCO2. The summed E-state index contributed by atoms with van der Waals surface area (Å²) in [6.45, 7) is 9.23. The topological polar surface area (TPSA) is 37.0 Å². The van der Waals surface area contributed by atoms with Crippen LogP contribution in [-0.2, 0) is 6.54 Å². The monoisotopic (exact) mass is 381 g/mol. The molecule has 3 aliphatic rings. The Bertz CT molecular complexity index is 563. The van der Waals surface area contributed by atoms with E-state index in [1.165, 1.54) is 38.2 Å². The Hall–Kier alpha value is -0.820. The van der Waals surface area contributed by atoms with Crippen LogP contribution in [0.25, 0.3) is 0 Å². The lowest BCUT2D eigenvalue weighted by Gasteiger charge is -2.32. The molecule has 2 fully saturated rings. The fraction of sp³-hybridized carbons (Fsp3) is 0.647. The fourth-order valence-corrected chi connectivity index (χ4v) is 4.22. The predicted octanol–water partition coefficient (Wildman–Crippen LogP) is 1.70. The Kier molecular flexibility index (Phi) is 4.76. The summed E-state index contributed by atoms with van der Waals surface area (Å²) in [4.78, 5) is 5.21. The first-order chi connectivity index (χ1) is 11.3. The van der Waals surface area contributed by atoms with E-state index in [1.807, 2.05) is 6.07 Å². The molecule has 3 aliphatic heterocycles. The predicted molar refractivity (Wildman–Crippen MR) is 93.3 cm³/mol. The molecule has 0 aromatic heterocycles. The van der Waals surface area contributed by atoms with Gasteiger partial charge in [0.25, 0.3) is 0 Å². The van der Waals surface area contributed by atoms with E-state index in [0.29, 0.717) is 19.3 Å². The van der Waals surface area contributed by atoms with Gasteiger partial charge in [-0.15, -0.1) is 0 Å². The Morgan fingerprint density at radius 3 is 2.61 bits per heavy atom. The largest absolute Gasteiger partial charge is 0.486 e. The van der Waals surface area contributed by atoms with E-state index >= 15 is 0 Å². The fourth-order valence-electron chi connectivity index (χ4n) is 3.77. The first kappa shape index (κ1) is 15.7. The van der Waals surface area contributed by atoms with E-state index in [0.717, 1.165) is 35.6 Å². The first-order valence-corrected chi connectivity index (χ1v) is 9.34. The first-order valence-electron chi connectivity index (χ1n) is 8.55.